The van der Waals surface area contributed by atoms with Gasteiger partial charge in [-0.3, -0.25) is 0 Å². The Morgan fingerprint density at radius 1 is 1.62 bits per heavy atom. The van der Waals surface area contributed by atoms with Crippen LogP contribution in [0, 0.1) is 3.57 Å². The number of fused-ring (bicyclic) bond motifs is 1. The summed E-state index contributed by atoms with van der Waals surface area (Å²) in [5.41, 5.74) is 7.77. The van der Waals surface area contributed by atoms with Gasteiger partial charge in [0.05, 0.1) is 0 Å². The fraction of sp³-hybridized carbons (Fsp3) is 0.222. The van der Waals surface area contributed by atoms with E-state index in [1.807, 2.05) is 19.3 Å². The molecular formula is C9H10IN3. The van der Waals surface area contributed by atoms with E-state index in [2.05, 4.69) is 38.6 Å². The Labute approximate surface area is 89.9 Å². The lowest BCUT2D eigenvalue weighted by Crippen LogP contribution is -2.04. The first-order valence-corrected chi connectivity index (χ1v) is 5.14. The number of nitrogens with zero attached hydrogens (tertiary/aromatic N) is 1. The van der Waals surface area contributed by atoms with Gasteiger partial charge in [-0.25, -0.2) is 4.98 Å². The molecule has 0 saturated carbocycles. The van der Waals surface area contributed by atoms with Gasteiger partial charge in [0, 0.05) is 27.4 Å². The molecule has 2 aromatic heterocycles. The number of aromatic nitrogens is 2. The van der Waals surface area contributed by atoms with Gasteiger partial charge in [0.2, 0.25) is 0 Å². The maximum atomic E-state index is 5.77. The minimum Gasteiger partial charge on any atom is -0.345 e. The Morgan fingerprint density at radius 2 is 2.38 bits per heavy atom. The normalized spacial score (nSPS) is 13.5. The second kappa shape index (κ2) is 3.26. The number of hydrogen-bond acceptors (Lipinski definition) is 2. The summed E-state index contributed by atoms with van der Waals surface area (Å²) in [5.74, 6) is 0. The van der Waals surface area contributed by atoms with Crippen LogP contribution in [-0.2, 0) is 0 Å². The molecule has 0 aromatic carbocycles. The van der Waals surface area contributed by atoms with Crippen LogP contribution in [0.1, 0.15) is 18.5 Å². The van der Waals surface area contributed by atoms with E-state index in [9.17, 15) is 0 Å². The minimum absolute atomic E-state index is 0.0441. The summed E-state index contributed by atoms with van der Waals surface area (Å²) >= 11 is 2.28. The van der Waals surface area contributed by atoms with Crippen LogP contribution >= 0.6 is 22.6 Å². The lowest BCUT2D eigenvalue weighted by atomic mass is 10.1. The monoisotopic (exact) mass is 287 g/mol. The second-order valence-electron chi connectivity index (χ2n) is 3.09. The SMILES string of the molecule is CC(N)c1cnc2[nH]cc(I)c2c1. The summed E-state index contributed by atoms with van der Waals surface area (Å²) in [6, 6.07) is 2.13. The van der Waals surface area contributed by atoms with Crippen LogP contribution in [0.25, 0.3) is 11.0 Å². The fourth-order valence-electron chi connectivity index (χ4n) is 1.24. The molecule has 0 aliphatic carbocycles. The molecule has 0 bridgehead atoms. The largest absolute Gasteiger partial charge is 0.345 e. The summed E-state index contributed by atoms with van der Waals surface area (Å²) < 4.78 is 1.18. The van der Waals surface area contributed by atoms with Crippen molar-refractivity contribution in [2.45, 2.75) is 13.0 Å². The van der Waals surface area contributed by atoms with Gasteiger partial charge < -0.3 is 10.7 Å². The molecule has 4 heteroatoms. The highest BCUT2D eigenvalue weighted by molar-refractivity contribution is 14.1. The maximum Gasteiger partial charge on any atom is 0.138 e. The molecule has 68 valence electrons. The zero-order valence-electron chi connectivity index (χ0n) is 7.21. The van der Waals surface area contributed by atoms with E-state index in [0.717, 1.165) is 16.6 Å². The number of rotatable bonds is 1. The van der Waals surface area contributed by atoms with Crippen LogP contribution in [0.5, 0.6) is 0 Å². The van der Waals surface area contributed by atoms with E-state index < -0.39 is 0 Å². The van der Waals surface area contributed by atoms with Crippen molar-refractivity contribution in [3.8, 4) is 0 Å². The highest BCUT2D eigenvalue weighted by Gasteiger charge is 2.05. The fourth-order valence-corrected chi connectivity index (χ4v) is 1.80. The molecule has 0 saturated heterocycles. The van der Waals surface area contributed by atoms with E-state index >= 15 is 0 Å². The van der Waals surface area contributed by atoms with E-state index in [4.69, 9.17) is 5.73 Å². The summed E-state index contributed by atoms with van der Waals surface area (Å²) in [7, 11) is 0. The minimum atomic E-state index is 0.0441. The van der Waals surface area contributed by atoms with E-state index in [-0.39, 0.29) is 6.04 Å². The molecule has 2 rings (SSSR count). The topological polar surface area (TPSA) is 54.7 Å². The lowest BCUT2D eigenvalue weighted by molar-refractivity contribution is 0.814. The molecule has 0 radical (unpaired) electrons. The lowest BCUT2D eigenvalue weighted by Gasteiger charge is -2.03. The first kappa shape index (κ1) is 8.96. The summed E-state index contributed by atoms with van der Waals surface area (Å²) in [4.78, 5) is 7.38. The zero-order chi connectivity index (χ0) is 9.42. The third-order valence-corrected chi connectivity index (χ3v) is 2.92. The van der Waals surface area contributed by atoms with Crippen molar-refractivity contribution in [2.75, 3.05) is 0 Å². The Balaban J connectivity index is 2.66. The first-order valence-electron chi connectivity index (χ1n) is 4.06. The molecule has 0 aliphatic rings. The average Bonchev–Trinajstić information content (AvgIpc) is 2.47. The van der Waals surface area contributed by atoms with Gasteiger partial charge >= 0.3 is 0 Å². The van der Waals surface area contributed by atoms with Crippen molar-refractivity contribution in [1.29, 1.82) is 0 Å². The molecular weight excluding hydrogens is 277 g/mol. The Bertz CT molecular complexity index is 433. The number of aromatic amines is 1. The van der Waals surface area contributed by atoms with Crippen molar-refractivity contribution in [3.05, 3.63) is 27.6 Å². The number of nitrogens with one attached hydrogen (secondary N) is 1. The van der Waals surface area contributed by atoms with Crippen LogP contribution in [-0.4, -0.2) is 9.97 Å². The predicted octanol–water partition coefficient (Wildman–Crippen LogP) is 2.19. The molecule has 3 nitrogen and oxygen atoms in total. The highest BCUT2D eigenvalue weighted by Crippen LogP contribution is 2.21. The van der Waals surface area contributed by atoms with Crippen LogP contribution in [0.15, 0.2) is 18.5 Å². The predicted molar refractivity (Wildman–Crippen MR) is 61.4 cm³/mol. The van der Waals surface area contributed by atoms with E-state index in [1.54, 1.807) is 0 Å². The Morgan fingerprint density at radius 3 is 3.08 bits per heavy atom. The maximum absolute atomic E-state index is 5.77. The quantitative estimate of drug-likeness (QED) is 0.790. The zero-order valence-corrected chi connectivity index (χ0v) is 9.37. The molecule has 0 spiro atoms. The van der Waals surface area contributed by atoms with E-state index in [1.165, 1.54) is 3.57 Å². The van der Waals surface area contributed by atoms with Gasteiger partial charge in [-0.15, -0.1) is 0 Å². The molecule has 1 unspecified atom stereocenters. The van der Waals surface area contributed by atoms with Gasteiger partial charge in [0.15, 0.2) is 0 Å². The molecule has 1 atom stereocenters. The van der Waals surface area contributed by atoms with Crippen molar-refractivity contribution < 1.29 is 0 Å². The summed E-state index contributed by atoms with van der Waals surface area (Å²) in [6.45, 7) is 1.96. The molecule has 2 heterocycles. The third-order valence-electron chi connectivity index (χ3n) is 2.03. The van der Waals surface area contributed by atoms with Crippen LogP contribution in [0.3, 0.4) is 0 Å². The highest BCUT2D eigenvalue weighted by atomic mass is 127. The first-order chi connectivity index (χ1) is 6.18. The van der Waals surface area contributed by atoms with Gasteiger partial charge in [0.25, 0.3) is 0 Å². The number of pyridine rings is 1. The van der Waals surface area contributed by atoms with Gasteiger partial charge in [-0.1, -0.05) is 0 Å². The van der Waals surface area contributed by atoms with Gasteiger partial charge in [0.1, 0.15) is 5.65 Å². The van der Waals surface area contributed by atoms with Gasteiger partial charge in [-0.05, 0) is 41.1 Å². The van der Waals surface area contributed by atoms with Crippen molar-refractivity contribution in [3.63, 3.8) is 0 Å². The average molecular weight is 287 g/mol. The van der Waals surface area contributed by atoms with Crippen LogP contribution in [0.4, 0.5) is 0 Å². The Kier molecular flexibility index (Phi) is 2.25. The van der Waals surface area contributed by atoms with Gasteiger partial charge in [-0.2, -0.15) is 0 Å². The standard InChI is InChI=1S/C9H10IN3/c1-5(11)6-2-7-8(10)4-13-9(7)12-3-6/h2-5H,11H2,1H3,(H,12,13). The van der Waals surface area contributed by atoms with Crippen LogP contribution < -0.4 is 5.73 Å². The number of halogens is 1. The molecule has 13 heavy (non-hydrogen) atoms. The van der Waals surface area contributed by atoms with E-state index in [0.29, 0.717) is 0 Å². The number of hydrogen-bond donors (Lipinski definition) is 2. The number of nitrogens with two attached hydrogens (primary N) is 1. The smallest absolute Gasteiger partial charge is 0.138 e. The van der Waals surface area contributed by atoms with Crippen molar-refractivity contribution in [2.24, 2.45) is 5.73 Å². The third kappa shape index (κ3) is 1.55. The molecule has 0 fully saturated rings. The molecule has 0 amide bonds. The van der Waals surface area contributed by atoms with Crippen molar-refractivity contribution in [1.82, 2.24) is 9.97 Å². The molecule has 2 aromatic rings. The number of H-pyrrole nitrogens is 1. The molecule has 3 N–H and O–H groups in total. The second-order valence-corrected chi connectivity index (χ2v) is 4.25. The Hall–Kier alpha value is -0.620. The molecule has 0 aliphatic heterocycles. The summed E-state index contributed by atoms with van der Waals surface area (Å²) in [6.07, 6.45) is 3.77. The summed E-state index contributed by atoms with van der Waals surface area (Å²) in [5, 5.41) is 1.15. The van der Waals surface area contributed by atoms with Crippen molar-refractivity contribution >= 4 is 33.6 Å². The van der Waals surface area contributed by atoms with Crippen LogP contribution in [0.2, 0.25) is 0 Å².